The average Bonchev–Trinajstić information content (AvgIpc) is 3.14. The Morgan fingerprint density at radius 2 is 1.81 bits per heavy atom. The summed E-state index contributed by atoms with van der Waals surface area (Å²) in [4.78, 5) is 28.1. The van der Waals surface area contributed by atoms with Crippen LogP contribution in [0.5, 0.6) is 0 Å². The van der Waals surface area contributed by atoms with Crippen molar-refractivity contribution in [2.45, 2.75) is 18.9 Å². The third-order valence-electron chi connectivity index (χ3n) is 3.98. The number of halogens is 1. The number of aromatic nitrogens is 1. The quantitative estimate of drug-likeness (QED) is 0.654. The van der Waals surface area contributed by atoms with Gasteiger partial charge in [-0.3, -0.25) is 9.59 Å². The van der Waals surface area contributed by atoms with Gasteiger partial charge in [-0.25, -0.2) is 4.98 Å². The Balaban J connectivity index is 1.61. The highest BCUT2D eigenvalue weighted by molar-refractivity contribution is 6.33. The van der Waals surface area contributed by atoms with E-state index in [0.29, 0.717) is 22.2 Å². The first-order chi connectivity index (χ1) is 13.0. The lowest BCUT2D eigenvalue weighted by Crippen LogP contribution is -2.37. The minimum atomic E-state index is -0.873. The van der Waals surface area contributed by atoms with Crippen molar-refractivity contribution in [3.05, 3.63) is 77.3 Å². The number of nitrogens with two attached hydrogens (primary N) is 1. The van der Waals surface area contributed by atoms with E-state index < -0.39 is 11.9 Å². The second-order valence-electron chi connectivity index (χ2n) is 5.91. The molecule has 0 aliphatic heterocycles. The van der Waals surface area contributed by atoms with Crippen LogP contribution in [0, 0.1) is 0 Å². The van der Waals surface area contributed by atoms with Gasteiger partial charge in [-0.2, -0.15) is 0 Å². The first-order valence-electron chi connectivity index (χ1n) is 8.38. The van der Waals surface area contributed by atoms with Crippen molar-refractivity contribution in [1.29, 1.82) is 0 Å². The van der Waals surface area contributed by atoms with Gasteiger partial charge in [0.25, 0.3) is 0 Å². The number of carbonyl (C=O) groups is 2. The molecule has 3 aromatic rings. The van der Waals surface area contributed by atoms with Crippen LogP contribution in [0.4, 0.5) is 0 Å². The molecule has 6 nitrogen and oxygen atoms in total. The predicted octanol–water partition coefficient (Wildman–Crippen LogP) is 3.27. The van der Waals surface area contributed by atoms with Gasteiger partial charge < -0.3 is 15.5 Å². The van der Waals surface area contributed by atoms with Crippen LogP contribution >= 0.6 is 11.6 Å². The Morgan fingerprint density at radius 3 is 2.52 bits per heavy atom. The van der Waals surface area contributed by atoms with Crippen molar-refractivity contribution < 1.29 is 14.0 Å². The molecule has 3 N–H and O–H groups in total. The fourth-order valence-electron chi connectivity index (χ4n) is 2.63. The van der Waals surface area contributed by atoms with E-state index in [2.05, 4.69) is 10.3 Å². The Hall–Kier alpha value is -3.12. The van der Waals surface area contributed by atoms with Crippen molar-refractivity contribution in [2.75, 3.05) is 0 Å². The molecule has 0 radical (unpaired) electrons. The van der Waals surface area contributed by atoms with E-state index in [1.165, 1.54) is 0 Å². The van der Waals surface area contributed by atoms with Crippen molar-refractivity contribution in [3.63, 3.8) is 0 Å². The van der Waals surface area contributed by atoms with E-state index >= 15 is 0 Å². The molecule has 1 unspecified atom stereocenters. The highest BCUT2D eigenvalue weighted by atomic mass is 35.5. The number of oxazole rings is 1. The van der Waals surface area contributed by atoms with Gasteiger partial charge in [-0.1, -0.05) is 54.1 Å². The summed E-state index contributed by atoms with van der Waals surface area (Å²) in [5.41, 5.74) is 6.78. The maximum atomic E-state index is 12.2. The van der Waals surface area contributed by atoms with E-state index in [4.69, 9.17) is 21.8 Å². The molecule has 1 heterocycles. The number of hydrogen-bond donors (Lipinski definition) is 2. The molecule has 0 saturated carbocycles. The van der Waals surface area contributed by atoms with Crippen molar-refractivity contribution >= 4 is 23.4 Å². The molecule has 3 rings (SSSR count). The monoisotopic (exact) mass is 383 g/mol. The van der Waals surface area contributed by atoms with Gasteiger partial charge in [-0.05, 0) is 17.7 Å². The number of nitrogens with one attached hydrogen (secondary N) is 1. The molecule has 2 amide bonds. The van der Waals surface area contributed by atoms with Crippen LogP contribution in [0.15, 0.2) is 65.2 Å². The van der Waals surface area contributed by atoms with Crippen molar-refractivity contribution in [1.82, 2.24) is 10.3 Å². The summed E-state index contributed by atoms with van der Waals surface area (Å²) in [6, 6.07) is 15.3. The summed E-state index contributed by atoms with van der Waals surface area (Å²) in [6.45, 7) is 0. The Bertz CT molecular complexity index is 940. The molecule has 0 aliphatic rings. The lowest BCUT2D eigenvalue weighted by Gasteiger charge is -2.15. The number of amides is 2. The maximum Gasteiger partial charge on any atom is 0.244 e. The molecule has 7 heteroatoms. The highest BCUT2D eigenvalue weighted by Crippen LogP contribution is 2.28. The first-order valence-corrected chi connectivity index (χ1v) is 8.75. The van der Waals surface area contributed by atoms with Crippen LogP contribution in [0.3, 0.4) is 0 Å². The van der Waals surface area contributed by atoms with E-state index in [1.54, 1.807) is 36.5 Å². The second kappa shape index (κ2) is 8.51. The smallest absolute Gasteiger partial charge is 0.244 e. The average molecular weight is 384 g/mol. The highest BCUT2D eigenvalue weighted by Gasteiger charge is 2.20. The minimum Gasteiger partial charge on any atom is -0.441 e. The summed E-state index contributed by atoms with van der Waals surface area (Å²) in [5, 5.41) is 3.21. The number of primary amides is 1. The molecule has 0 aliphatic carbocycles. The number of rotatable bonds is 7. The van der Waals surface area contributed by atoms with E-state index in [0.717, 1.165) is 5.56 Å². The summed E-state index contributed by atoms with van der Waals surface area (Å²) >= 11 is 6.15. The van der Waals surface area contributed by atoms with Gasteiger partial charge >= 0.3 is 0 Å². The van der Waals surface area contributed by atoms with Crippen LogP contribution in [-0.4, -0.2) is 16.8 Å². The summed E-state index contributed by atoms with van der Waals surface area (Å²) in [5.74, 6) is 0.0116. The molecular weight excluding hydrogens is 366 g/mol. The molecule has 27 heavy (non-hydrogen) atoms. The number of nitrogens with zero attached hydrogens (tertiary/aromatic N) is 1. The number of hydrogen-bond acceptors (Lipinski definition) is 4. The Kier molecular flexibility index (Phi) is 5.88. The number of carbonyl (C=O) groups excluding carboxylic acids is 2. The third-order valence-corrected chi connectivity index (χ3v) is 4.31. The van der Waals surface area contributed by atoms with Gasteiger partial charge in [0.2, 0.25) is 11.8 Å². The standard InChI is InChI=1S/C20H18ClN3O3/c21-15-9-5-4-8-14(15)16-12-23-18(27-16)11-10-17(25)24-19(20(22)26)13-6-2-1-3-7-13/h1-9,12,19H,10-11H2,(H2,22,26)(H,24,25). The van der Waals surface area contributed by atoms with Crippen molar-refractivity contribution in [3.8, 4) is 11.3 Å². The fourth-order valence-corrected chi connectivity index (χ4v) is 2.86. The van der Waals surface area contributed by atoms with Gasteiger partial charge in [0.15, 0.2) is 11.7 Å². The molecule has 1 aromatic heterocycles. The molecule has 0 spiro atoms. The maximum absolute atomic E-state index is 12.2. The predicted molar refractivity (Wildman–Crippen MR) is 102 cm³/mol. The lowest BCUT2D eigenvalue weighted by molar-refractivity contribution is -0.127. The van der Waals surface area contributed by atoms with Crippen molar-refractivity contribution in [2.24, 2.45) is 5.73 Å². The third kappa shape index (κ3) is 4.74. The van der Waals surface area contributed by atoms with Gasteiger partial charge in [0, 0.05) is 18.4 Å². The fraction of sp³-hybridized carbons (Fsp3) is 0.150. The largest absolute Gasteiger partial charge is 0.441 e. The molecular formula is C20H18ClN3O3. The van der Waals surface area contributed by atoms with Crippen LogP contribution in [-0.2, 0) is 16.0 Å². The van der Waals surface area contributed by atoms with Crippen LogP contribution in [0.25, 0.3) is 11.3 Å². The van der Waals surface area contributed by atoms with Gasteiger partial charge in [0.05, 0.1) is 11.2 Å². The molecule has 0 bridgehead atoms. The summed E-state index contributed by atoms with van der Waals surface area (Å²) in [7, 11) is 0. The minimum absolute atomic E-state index is 0.110. The first kappa shape index (κ1) is 18.7. The molecule has 138 valence electrons. The molecule has 0 fully saturated rings. The van der Waals surface area contributed by atoms with Crippen LogP contribution in [0.1, 0.15) is 23.9 Å². The zero-order valence-corrected chi connectivity index (χ0v) is 15.1. The molecule has 1 atom stereocenters. The van der Waals surface area contributed by atoms with Gasteiger partial charge in [0.1, 0.15) is 6.04 Å². The topological polar surface area (TPSA) is 98.2 Å². The Labute approximate surface area is 161 Å². The van der Waals surface area contributed by atoms with Gasteiger partial charge in [-0.15, -0.1) is 0 Å². The number of benzene rings is 2. The lowest BCUT2D eigenvalue weighted by atomic mass is 10.1. The normalized spacial score (nSPS) is 11.7. The second-order valence-corrected chi connectivity index (χ2v) is 6.32. The summed E-state index contributed by atoms with van der Waals surface area (Å²) < 4.78 is 5.67. The number of aryl methyl sites for hydroxylation is 1. The molecule has 2 aromatic carbocycles. The Morgan fingerprint density at radius 1 is 1.11 bits per heavy atom. The summed E-state index contributed by atoms with van der Waals surface area (Å²) in [6.07, 6.45) is 1.97. The molecule has 0 saturated heterocycles. The van der Waals surface area contributed by atoms with E-state index in [-0.39, 0.29) is 18.7 Å². The SMILES string of the molecule is NC(=O)C(NC(=O)CCc1ncc(-c2ccccc2Cl)o1)c1ccccc1. The zero-order valence-electron chi connectivity index (χ0n) is 14.4. The van der Waals surface area contributed by atoms with E-state index in [9.17, 15) is 9.59 Å². The van der Waals surface area contributed by atoms with Crippen LogP contribution in [0.2, 0.25) is 5.02 Å². The zero-order chi connectivity index (χ0) is 19.2. The van der Waals surface area contributed by atoms with Crippen LogP contribution < -0.4 is 11.1 Å². The van der Waals surface area contributed by atoms with E-state index in [1.807, 2.05) is 24.3 Å².